The van der Waals surface area contributed by atoms with E-state index in [0.717, 1.165) is 10.6 Å². The lowest BCUT2D eigenvalue weighted by atomic mass is 10.1. The van der Waals surface area contributed by atoms with E-state index < -0.39 is 28.0 Å². The molecule has 0 heterocycles. The summed E-state index contributed by atoms with van der Waals surface area (Å²) in [5.74, 6) is -0.850. The standard InChI is InChI=1S/C18H20ClFN2O3S/c1-12(14-7-9-16(20)10-8-14)21-18(23)13(2)22(26(3,24)25)17-6-4-5-15(19)11-17/h4-13H,1-3H3,(H,21,23)/t12-,13+/m1/s1. The summed E-state index contributed by atoms with van der Waals surface area (Å²) in [6.45, 7) is 3.23. The first-order valence-electron chi connectivity index (χ1n) is 7.90. The number of rotatable bonds is 6. The largest absolute Gasteiger partial charge is 0.348 e. The van der Waals surface area contributed by atoms with Gasteiger partial charge in [-0.1, -0.05) is 29.8 Å². The molecule has 8 heteroatoms. The first-order valence-corrected chi connectivity index (χ1v) is 10.1. The maximum Gasteiger partial charge on any atom is 0.244 e. The molecule has 0 fully saturated rings. The Kier molecular flexibility index (Phi) is 6.26. The number of amides is 1. The Morgan fingerprint density at radius 3 is 2.31 bits per heavy atom. The minimum Gasteiger partial charge on any atom is -0.348 e. The second kappa shape index (κ2) is 8.05. The monoisotopic (exact) mass is 398 g/mol. The number of benzene rings is 2. The van der Waals surface area contributed by atoms with Crippen LogP contribution in [0.1, 0.15) is 25.5 Å². The molecule has 2 aromatic carbocycles. The summed E-state index contributed by atoms with van der Waals surface area (Å²) in [5, 5.41) is 3.12. The van der Waals surface area contributed by atoms with Crippen molar-refractivity contribution >= 4 is 33.2 Å². The maximum absolute atomic E-state index is 13.0. The van der Waals surface area contributed by atoms with Gasteiger partial charge in [-0.2, -0.15) is 0 Å². The Morgan fingerprint density at radius 2 is 1.77 bits per heavy atom. The number of carbonyl (C=O) groups is 1. The van der Waals surface area contributed by atoms with Gasteiger partial charge in [0.2, 0.25) is 15.9 Å². The molecule has 5 nitrogen and oxygen atoms in total. The Hall–Kier alpha value is -2.12. The average Bonchev–Trinajstić information content (AvgIpc) is 2.54. The molecule has 1 amide bonds. The molecule has 0 spiro atoms. The molecule has 1 N–H and O–H groups in total. The highest BCUT2D eigenvalue weighted by atomic mass is 35.5. The van der Waals surface area contributed by atoms with E-state index in [1.165, 1.54) is 25.1 Å². The topological polar surface area (TPSA) is 66.5 Å². The van der Waals surface area contributed by atoms with E-state index in [-0.39, 0.29) is 5.82 Å². The van der Waals surface area contributed by atoms with Crippen LogP contribution >= 0.6 is 11.6 Å². The highest BCUT2D eigenvalue weighted by molar-refractivity contribution is 7.92. The highest BCUT2D eigenvalue weighted by Gasteiger charge is 2.30. The second-order valence-electron chi connectivity index (χ2n) is 6.00. The zero-order valence-corrected chi connectivity index (χ0v) is 16.2. The zero-order valence-electron chi connectivity index (χ0n) is 14.6. The molecule has 2 rings (SSSR count). The van der Waals surface area contributed by atoms with E-state index in [9.17, 15) is 17.6 Å². The normalized spacial score (nSPS) is 13.7. The minimum absolute atomic E-state index is 0.303. The van der Waals surface area contributed by atoms with Crippen molar-refractivity contribution in [3.63, 3.8) is 0 Å². The second-order valence-corrected chi connectivity index (χ2v) is 8.29. The molecule has 26 heavy (non-hydrogen) atoms. The van der Waals surface area contributed by atoms with Gasteiger partial charge in [-0.15, -0.1) is 0 Å². The van der Waals surface area contributed by atoms with Crippen molar-refractivity contribution in [2.75, 3.05) is 10.6 Å². The SMILES string of the molecule is C[C@@H](NC(=O)[C@H](C)N(c1cccc(Cl)c1)S(C)(=O)=O)c1ccc(F)cc1. The molecule has 0 bridgehead atoms. The van der Waals surface area contributed by atoms with Crippen molar-refractivity contribution in [3.8, 4) is 0 Å². The van der Waals surface area contributed by atoms with Crippen LogP contribution in [0.25, 0.3) is 0 Å². The molecule has 2 atom stereocenters. The van der Waals surface area contributed by atoms with Crippen molar-refractivity contribution in [2.45, 2.75) is 25.9 Å². The minimum atomic E-state index is -3.72. The fourth-order valence-corrected chi connectivity index (χ4v) is 3.94. The molecule has 0 aliphatic rings. The first kappa shape index (κ1) is 20.2. The average molecular weight is 399 g/mol. The highest BCUT2D eigenvalue weighted by Crippen LogP contribution is 2.24. The molecule has 0 unspecified atom stereocenters. The Balaban J connectivity index is 2.23. The van der Waals surface area contributed by atoms with Gasteiger partial charge >= 0.3 is 0 Å². The predicted octanol–water partition coefficient (Wildman–Crippen LogP) is 3.51. The lowest BCUT2D eigenvalue weighted by Crippen LogP contribution is -2.48. The van der Waals surface area contributed by atoms with Crippen LogP contribution in [0.3, 0.4) is 0 Å². The molecule has 0 radical (unpaired) electrons. The maximum atomic E-state index is 13.0. The fourth-order valence-electron chi connectivity index (χ4n) is 2.59. The number of halogens is 2. The van der Waals surface area contributed by atoms with Crippen molar-refractivity contribution in [1.82, 2.24) is 5.32 Å². The quantitative estimate of drug-likeness (QED) is 0.809. The third-order valence-electron chi connectivity index (χ3n) is 3.88. The van der Waals surface area contributed by atoms with Gasteiger partial charge in [-0.05, 0) is 49.7 Å². The van der Waals surface area contributed by atoms with Gasteiger partial charge in [-0.25, -0.2) is 12.8 Å². The number of anilines is 1. The van der Waals surface area contributed by atoms with E-state index in [1.807, 2.05) is 0 Å². The Bertz CT molecular complexity index is 888. The van der Waals surface area contributed by atoms with Crippen LogP contribution in [0.15, 0.2) is 48.5 Å². The molecule has 0 saturated heterocycles. The van der Waals surface area contributed by atoms with E-state index in [4.69, 9.17) is 11.6 Å². The number of nitrogens with zero attached hydrogens (tertiary/aromatic N) is 1. The predicted molar refractivity (Wildman–Crippen MR) is 101 cm³/mol. The van der Waals surface area contributed by atoms with Crippen LogP contribution in [0, 0.1) is 5.82 Å². The molecule has 2 aromatic rings. The van der Waals surface area contributed by atoms with Crippen LogP contribution in [0.2, 0.25) is 5.02 Å². The van der Waals surface area contributed by atoms with Gasteiger partial charge in [0.05, 0.1) is 18.0 Å². The number of nitrogens with one attached hydrogen (secondary N) is 1. The summed E-state index contributed by atoms with van der Waals surface area (Å²) in [7, 11) is -3.72. The van der Waals surface area contributed by atoms with Crippen LogP contribution in [0.4, 0.5) is 10.1 Å². The summed E-state index contributed by atoms with van der Waals surface area (Å²) in [5.41, 5.74) is 1.01. The van der Waals surface area contributed by atoms with Crippen LogP contribution in [-0.4, -0.2) is 26.6 Å². The molecule has 0 aliphatic carbocycles. The van der Waals surface area contributed by atoms with Crippen molar-refractivity contribution in [1.29, 1.82) is 0 Å². The van der Waals surface area contributed by atoms with Gasteiger partial charge in [0.25, 0.3) is 0 Å². The summed E-state index contributed by atoms with van der Waals surface area (Å²) >= 11 is 5.95. The van der Waals surface area contributed by atoms with Crippen molar-refractivity contribution < 1.29 is 17.6 Å². The first-order chi connectivity index (χ1) is 12.1. The van der Waals surface area contributed by atoms with Gasteiger partial charge in [0.1, 0.15) is 11.9 Å². The number of hydrogen-bond acceptors (Lipinski definition) is 3. The van der Waals surface area contributed by atoms with E-state index >= 15 is 0 Å². The molecular weight excluding hydrogens is 379 g/mol. The molecule has 0 saturated carbocycles. The van der Waals surface area contributed by atoms with E-state index in [0.29, 0.717) is 16.3 Å². The van der Waals surface area contributed by atoms with Crippen molar-refractivity contribution in [2.24, 2.45) is 0 Å². The molecule has 140 valence electrons. The summed E-state index contributed by atoms with van der Waals surface area (Å²) in [4.78, 5) is 12.6. The molecule has 0 aliphatic heterocycles. The molecular formula is C18H20ClFN2O3S. The fraction of sp³-hybridized carbons (Fsp3) is 0.278. The summed E-state index contributed by atoms with van der Waals surface area (Å²) in [6.07, 6.45) is 1.03. The van der Waals surface area contributed by atoms with Gasteiger partial charge in [0.15, 0.2) is 0 Å². The van der Waals surface area contributed by atoms with Crippen LogP contribution in [0.5, 0.6) is 0 Å². The van der Waals surface area contributed by atoms with Crippen molar-refractivity contribution in [3.05, 3.63) is 64.9 Å². The number of hydrogen-bond donors (Lipinski definition) is 1. The zero-order chi connectivity index (χ0) is 19.5. The Labute approximate surface area is 157 Å². The Morgan fingerprint density at radius 1 is 1.15 bits per heavy atom. The third kappa shape index (κ3) is 4.95. The van der Waals surface area contributed by atoms with Crippen LogP contribution < -0.4 is 9.62 Å². The number of sulfonamides is 1. The lowest BCUT2D eigenvalue weighted by molar-refractivity contribution is -0.122. The van der Waals surface area contributed by atoms with Gasteiger partial charge in [0, 0.05) is 5.02 Å². The summed E-state index contributed by atoms with van der Waals surface area (Å²) in [6, 6.07) is 10.6. The van der Waals surface area contributed by atoms with Gasteiger partial charge < -0.3 is 5.32 Å². The number of carbonyl (C=O) groups excluding carboxylic acids is 1. The lowest BCUT2D eigenvalue weighted by Gasteiger charge is -2.29. The smallest absolute Gasteiger partial charge is 0.244 e. The molecule has 0 aromatic heterocycles. The van der Waals surface area contributed by atoms with E-state index in [2.05, 4.69) is 5.32 Å². The van der Waals surface area contributed by atoms with E-state index in [1.54, 1.807) is 37.3 Å². The summed E-state index contributed by atoms with van der Waals surface area (Å²) < 4.78 is 38.5. The van der Waals surface area contributed by atoms with Gasteiger partial charge in [-0.3, -0.25) is 9.10 Å². The van der Waals surface area contributed by atoms with Crippen LogP contribution in [-0.2, 0) is 14.8 Å². The third-order valence-corrected chi connectivity index (χ3v) is 5.36.